The van der Waals surface area contributed by atoms with Gasteiger partial charge in [-0.3, -0.25) is 9.36 Å². The van der Waals surface area contributed by atoms with Gasteiger partial charge in [-0.1, -0.05) is 49.4 Å². The number of aryl methyl sites for hydroxylation is 2. The van der Waals surface area contributed by atoms with Crippen LogP contribution in [0.4, 0.5) is 4.39 Å². The monoisotopic (exact) mass is 392 g/mol. The number of hydrogen-bond acceptors (Lipinski definition) is 3. The second-order valence-electron chi connectivity index (χ2n) is 6.88. The zero-order valence-corrected chi connectivity index (χ0v) is 16.7. The van der Waals surface area contributed by atoms with E-state index in [0.717, 1.165) is 38.6 Å². The second-order valence-corrected chi connectivity index (χ2v) is 8.08. The summed E-state index contributed by atoms with van der Waals surface area (Å²) in [6.45, 7) is 4.42. The van der Waals surface area contributed by atoms with Crippen LogP contribution in [0.15, 0.2) is 59.4 Å². The molecule has 0 bridgehead atoms. The van der Waals surface area contributed by atoms with Crippen molar-refractivity contribution in [3.8, 4) is 11.1 Å². The Labute approximate surface area is 167 Å². The summed E-state index contributed by atoms with van der Waals surface area (Å²) in [6.07, 6.45) is 1.59. The van der Waals surface area contributed by atoms with Crippen LogP contribution in [0.2, 0.25) is 0 Å². The van der Waals surface area contributed by atoms with Crippen LogP contribution in [-0.2, 0) is 13.0 Å². The van der Waals surface area contributed by atoms with Crippen LogP contribution in [0.1, 0.15) is 29.6 Å². The van der Waals surface area contributed by atoms with Gasteiger partial charge in [0.1, 0.15) is 16.5 Å². The van der Waals surface area contributed by atoms with Crippen molar-refractivity contribution in [2.24, 2.45) is 0 Å². The molecule has 0 aliphatic heterocycles. The molecule has 0 spiro atoms. The molecule has 2 aromatic heterocycles. The van der Waals surface area contributed by atoms with Gasteiger partial charge in [0.2, 0.25) is 0 Å². The highest BCUT2D eigenvalue weighted by Gasteiger charge is 2.19. The van der Waals surface area contributed by atoms with Gasteiger partial charge in [-0.15, -0.1) is 11.3 Å². The molecule has 0 aliphatic carbocycles. The smallest absolute Gasteiger partial charge is 0.263 e. The Kier molecular flexibility index (Phi) is 5.09. The summed E-state index contributed by atoms with van der Waals surface area (Å²) in [5, 5.41) is 0.657. The normalized spacial score (nSPS) is 11.2. The van der Waals surface area contributed by atoms with Crippen molar-refractivity contribution in [3.05, 3.63) is 87.0 Å². The van der Waals surface area contributed by atoms with E-state index in [1.165, 1.54) is 12.1 Å². The van der Waals surface area contributed by atoms with Crippen molar-refractivity contribution in [3.63, 3.8) is 0 Å². The lowest BCUT2D eigenvalue weighted by Crippen LogP contribution is -2.26. The van der Waals surface area contributed by atoms with Gasteiger partial charge in [-0.25, -0.2) is 9.37 Å². The van der Waals surface area contributed by atoms with E-state index in [1.54, 1.807) is 22.0 Å². The molecule has 0 radical (unpaired) electrons. The first-order chi connectivity index (χ1) is 13.6. The molecule has 0 N–H and O–H groups in total. The fourth-order valence-electron chi connectivity index (χ4n) is 3.58. The molecule has 0 aliphatic rings. The second kappa shape index (κ2) is 7.68. The Morgan fingerprint density at radius 3 is 2.61 bits per heavy atom. The Hall–Kier alpha value is -2.79. The minimum atomic E-state index is -0.298. The van der Waals surface area contributed by atoms with Gasteiger partial charge < -0.3 is 0 Å². The summed E-state index contributed by atoms with van der Waals surface area (Å²) in [7, 11) is 0. The topological polar surface area (TPSA) is 34.9 Å². The highest BCUT2D eigenvalue weighted by atomic mass is 32.1. The van der Waals surface area contributed by atoms with E-state index < -0.39 is 0 Å². The predicted octanol–water partition coefficient (Wildman–Crippen LogP) is 5.57. The average Bonchev–Trinajstić information content (AvgIpc) is 3.02. The molecule has 0 fully saturated rings. The molecular formula is C23H21FN2OS. The Balaban J connectivity index is 1.96. The molecule has 0 saturated carbocycles. The van der Waals surface area contributed by atoms with Gasteiger partial charge in [0.15, 0.2) is 0 Å². The highest BCUT2D eigenvalue weighted by molar-refractivity contribution is 7.19. The zero-order chi connectivity index (χ0) is 19.7. The van der Waals surface area contributed by atoms with Crippen molar-refractivity contribution < 1.29 is 4.39 Å². The first kappa shape index (κ1) is 18.6. The molecule has 3 nitrogen and oxygen atoms in total. The fourth-order valence-corrected chi connectivity index (χ4v) is 4.64. The van der Waals surface area contributed by atoms with Gasteiger partial charge in [0, 0.05) is 16.9 Å². The third-order valence-corrected chi connectivity index (χ3v) is 5.83. The van der Waals surface area contributed by atoms with Crippen LogP contribution in [-0.4, -0.2) is 9.55 Å². The lowest BCUT2D eigenvalue weighted by atomic mass is 10.0. The zero-order valence-electron chi connectivity index (χ0n) is 15.9. The van der Waals surface area contributed by atoms with E-state index >= 15 is 0 Å². The molecule has 142 valence electrons. The van der Waals surface area contributed by atoms with Crippen LogP contribution in [0.25, 0.3) is 21.3 Å². The molecule has 0 unspecified atom stereocenters. The highest BCUT2D eigenvalue weighted by Crippen LogP contribution is 2.35. The standard InChI is InChI=1S/C23H21FN2OS/c1-3-8-19-25-22-21(20(15(2)28-22)17-10-5-4-6-11-17)23(27)26(19)14-16-9-7-12-18(24)13-16/h4-7,9-13H,3,8,14H2,1-2H3. The van der Waals surface area contributed by atoms with E-state index in [2.05, 4.69) is 6.92 Å². The van der Waals surface area contributed by atoms with Crippen LogP contribution < -0.4 is 5.56 Å². The lowest BCUT2D eigenvalue weighted by molar-refractivity contribution is 0.618. The number of nitrogens with zero attached hydrogens (tertiary/aromatic N) is 2. The SMILES string of the molecule is CCCc1nc2sc(C)c(-c3ccccc3)c2c(=O)n1Cc1cccc(F)c1. The lowest BCUT2D eigenvalue weighted by Gasteiger charge is -2.13. The van der Waals surface area contributed by atoms with Gasteiger partial charge >= 0.3 is 0 Å². The minimum Gasteiger partial charge on any atom is -0.292 e. The number of halogens is 1. The third kappa shape index (κ3) is 3.38. The van der Waals surface area contributed by atoms with Crippen LogP contribution in [0.5, 0.6) is 0 Å². The van der Waals surface area contributed by atoms with Gasteiger partial charge in [-0.2, -0.15) is 0 Å². The Morgan fingerprint density at radius 1 is 1.11 bits per heavy atom. The van der Waals surface area contributed by atoms with E-state index in [1.807, 2.05) is 43.3 Å². The molecule has 2 heterocycles. The largest absolute Gasteiger partial charge is 0.292 e. The summed E-state index contributed by atoms with van der Waals surface area (Å²) in [5.41, 5.74) is 2.68. The summed E-state index contributed by atoms with van der Waals surface area (Å²) in [4.78, 5) is 20.3. The first-order valence-corrected chi connectivity index (χ1v) is 10.2. The molecule has 4 rings (SSSR count). The van der Waals surface area contributed by atoms with Crippen molar-refractivity contribution in [2.45, 2.75) is 33.2 Å². The Morgan fingerprint density at radius 2 is 1.89 bits per heavy atom. The molecule has 2 aromatic carbocycles. The van der Waals surface area contributed by atoms with Crippen LogP contribution in [0, 0.1) is 12.7 Å². The number of fused-ring (bicyclic) bond motifs is 1. The number of aromatic nitrogens is 2. The predicted molar refractivity (Wildman–Crippen MR) is 114 cm³/mol. The van der Waals surface area contributed by atoms with E-state index in [-0.39, 0.29) is 11.4 Å². The molecule has 28 heavy (non-hydrogen) atoms. The van der Waals surface area contributed by atoms with Crippen LogP contribution in [0.3, 0.4) is 0 Å². The molecule has 0 saturated heterocycles. The number of thiophene rings is 1. The number of benzene rings is 2. The molecule has 0 amide bonds. The van der Waals surface area contributed by atoms with E-state index in [9.17, 15) is 9.18 Å². The van der Waals surface area contributed by atoms with Gasteiger partial charge in [0.25, 0.3) is 5.56 Å². The van der Waals surface area contributed by atoms with Crippen molar-refractivity contribution in [1.29, 1.82) is 0 Å². The first-order valence-electron chi connectivity index (χ1n) is 9.41. The van der Waals surface area contributed by atoms with Gasteiger partial charge in [0.05, 0.1) is 11.9 Å². The summed E-state index contributed by atoms with van der Waals surface area (Å²) in [5.74, 6) is 0.457. The van der Waals surface area contributed by atoms with E-state index in [0.29, 0.717) is 18.4 Å². The number of hydrogen-bond donors (Lipinski definition) is 0. The quantitative estimate of drug-likeness (QED) is 0.445. The Bertz CT molecular complexity index is 1190. The van der Waals surface area contributed by atoms with Crippen LogP contribution >= 0.6 is 11.3 Å². The summed E-state index contributed by atoms with van der Waals surface area (Å²) in [6, 6.07) is 16.4. The molecular weight excluding hydrogens is 371 g/mol. The molecule has 0 atom stereocenters. The van der Waals surface area contributed by atoms with E-state index in [4.69, 9.17) is 4.98 Å². The summed E-state index contributed by atoms with van der Waals surface area (Å²) >= 11 is 1.56. The number of rotatable bonds is 5. The van der Waals surface area contributed by atoms with Crippen molar-refractivity contribution >= 4 is 21.6 Å². The maximum absolute atomic E-state index is 13.7. The molecule has 4 aromatic rings. The average molecular weight is 392 g/mol. The van der Waals surface area contributed by atoms with Crippen molar-refractivity contribution in [1.82, 2.24) is 9.55 Å². The minimum absolute atomic E-state index is 0.0547. The maximum Gasteiger partial charge on any atom is 0.263 e. The van der Waals surface area contributed by atoms with Gasteiger partial charge in [-0.05, 0) is 36.6 Å². The summed E-state index contributed by atoms with van der Waals surface area (Å²) < 4.78 is 15.4. The fraction of sp³-hybridized carbons (Fsp3) is 0.217. The molecule has 5 heteroatoms. The third-order valence-electron chi connectivity index (χ3n) is 4.83. The van der Waals surface area contributed by atoms with Crippen molar-refractivity contribution in [2.75, 3.05) is 0 Å². The maximum atomic E-state index is 13.7.